The van der Waals surface area contributed by atoms with E-state index in [1.807, 2.05) is 36.1 Å². The van der Waals surface area contributed by atoms with Crippen molar-refractivity contribution in [3.8, 4) is 5.75 Å². The zero-order valence-electron chi connectivity index (χ0n) is 9.35. The number of carbonyl (C=O) groups is 1. The summed E-state index contributed by atoms with van der Waals surface area (Å²) in [6.07, 6.45) is 0. The van der Waals surface area contributed by atoms with Crippen molar-refractivity contribution in [3.63, 3.8) is 0 Å². The van der Waals surface area contributed by atoms with E-state index in [2.05, 4.69) is 0 Å². The molecule has 4 nitrogen and oxygen atoms in total. The van der Waals surface area contributed by atoms with Crippen molar-refractivity contribution in [1.82, 2.24) is 4.90 Å². The highest BCUT2D eigenvalue weighted by Crippen LogP contribution is 2.23. The molecule has 1 aromatic carbocycles. The summed E-state index contributed by atoms with van der Waals surface area (Å²) in [4.78, 5) is 13.2. The van der Waals surface area contributed by atoms with E-state index in [4.69, 9.17) is 10.5 Å². The Morgan fingerprint density at radius 3 is 3.00 bits per heavy atom. The van der Waals surface area contributed by atoms with E-state index < -0.39 is 0 Å². The molecule has 0 aliphatic carbocycles. The molecule has 0 fully saturated rings. The monoisotopic (exact) mass is 220 g/mol. The van der Waals surface area contributed by atoms with Crippen molar-refractivity contribution in [2.75, 3.05) is 13.2 Å². The van der Waals surface area contributed by atoms with Crippen LogP contribution in [0.4, 0.5) is 0 Å². The van der Waals surface area contributed by atoms with Crippen LogP contribution in [0.3, 0.4) is 0 Å². The van der Waals surface area contributed by atoms with E-state index >= 15 is 0 Å². The van der Waals surface area contributed by atoms with Gasteiger partial charge in [0.2, 0.25) is 5.91 Å². The number of para-hydroxylation sites is 1. The number of benzene rings is 1. The third-order valence-corrected chi connectivity index (χ3v) is 2.94. The van der Waals surface area contributed by atoms with Crippen LogP contribution in [0.15, 0.2) is 24.3 Å². The van der Waals surface area contributed by atoms with Crippen LogP contribution in [0, 0.1) is 0 Å². The minimum Gasteiger partial charge on any atom is -0.492 e. The summed E-state index contributed by atoms with van der Waals surface area (Å²) in [6.45, 7) is 3.85. The largest absolute Gasteiger partial charge is 0.492 e. The van der Waals surface area contributed by atoms with Crippen LogP contribution in [-0.4, -0.2) is 30.0 Å². The van der Waals surface area contributed by atoms with Crippen LogP contribution in [0.2, 0.25) is 0 Å². The Bertz CT molecular complexity index is 392. The molecule has 2 rings (SSSR count). The van der Waals surface area contributed by atoms with Crippen molar-refractivity contribution in [3.05, 3.63) is 29.8 Å². The van der Waals surface area contributed by atoms with Crippen LogP contribution in [0.1, 0.15) is 12.5 Å². The van der Waals surface area contributed by atoms with Crippen molar-refractivity contribution < 1.29 is 9.53 Å². The molecule has 0 radical (unpaired) electrons. The number of hydrogen-bond acceptors (Lipinski definition) is 3. The van der Waals surface area contributed by atoms with Crippen molar-refractivity contribution in [1.29, 1.82) is 0 Å². The van der Waals surface area contributed by atoms with Gasteiger partial charge >= 0.3 is 0 Å². The van der Waals surface area contributed by atoms with Crippen molar-refractivity contribution >= 4 is 5.91 Å². The Morgan fingerprint density at radius 1 is 1.50 bits per heavy atom. The van der Waals surface area contributed by atoms with Gasteiger partial charge in [-0.25, -0.2) is 0 Å². The molecule has 0 saturated heterocycles. The van der Waals surface area contributed by atoms with Gasteiger partial charge in [0, 0.05) is 18.7 Å². The summed E-state index contributed by atoms with van der Waals surface area (Å²) < 4.78 is 5.61. The molecule has 0 bridgehead atoms. The smallest absolute Gasteiger partial charge is 0.234 e. The van der Waals surface area contributed by atoms with Gasteiger partial charge in [-0.1, -0.05) is 18.2 Å². The number of ether oxygens (including phenoxy) is 1. The van der Waals surface area contributed by atoms with Gasteiger partial charge in [-0.05, 0) is 13.0 Å². The van der Waals surface area contributed by atoms with Crippen LogP contribution in [0.25, 0.3) is 0 Å². The Kier molecular flexibility index (Phi) is 3.10. The Hall–Kier alpha value is -1.55. The molecule has 86 valence electrons. The minimum absolute atomic E-state index is 0.255. The SMILES string of the molecule is CC(C(N)=O)N1CCOc2ccccc2C1. The summed E-state index contributed by atoms with van der Waals surface area (Å²) >= 11 is 0. The first-order chi connectivity index (χ1) is 7.68. The molecule has 0 aromatic heterocycles. The van der Waals surface area contributed by atoms with Crippen LogP contribution in [0.5, 0.6) is 5.75 Å². The number of carbonyl (C=O) groups excluding carboxylic acids is 1. The van der Waals surface area contributed by atoms with Gasteiger partial charge < -0.3 is 10.5 Å². The molecule has 1 unspecified atom stereocenters. The van der Waals surface area contributed by atoms with E-state index in [9.17, 15) is 4.79 Å². The summed E-state index contributed by atoms with van der Waals surface area (Å²) in [5.74, 6) is 0.612. The number of hydrogen-bond donors (Lipinski definition) is 1. The van der Waals surface area contributed by atoms with Crippen molar-refractivity contribution in [2.24, 2.45) is 5.73 Å². The highest BCUT2D eigenvalue weighted by molar-refractivity contribution is 5.79. The molecule has 1 atom stereocenters. The van der Waals surface area contributed by atoms with E-state index in [1.165, 1.54) is 0 Å². The average Bonchev–Trinajstić information content (AvgIpc) is 2.49. The lowest BCUT2D eigenvalue weighted by molar-refractivity contribution is -0.122. The molecule has 1 aliphatic rings. The fraction of sp³-hybridized carbons (Fsp3) is 0.417. The number of nitrogens with two attached hydrogens (primary N) is 1. The van der Waals surface area contributed by atoms with Gasteiger partial charge in [0.15, 0.2) is 0 Å². The normalized spacial score (nSPS) is 18.1. The third kappa shape index (κ3) is 2.17. The lowest BCUT2D eigenvalue weighted by Gasteiger charge is -2.24. The second kappa shape index (κ2) is 4.53. The summed E-state index contributed by atoms with van der Waals surface area (Å²) in [7, 11) is 0. The molecule has 1 aromatic rings. The number of fused-ring (bicyclic) bond motifs is 1. The first-order valence-electron chi connectivity index (χ1n) is 5.42. The van der Waals surface area contributed by atoms with Gasteiger partial charge in [0.05, 0.1) is 6.04 Å². The number of primary amides is 1. The van der Waals surface area contributed by atoms with Crippen molar-refractivity contribution in [2.45, 2.75) is 19.5 Å². The molecular formula is C12H16N2O2. The maximum atomic E-state index is 11.2. The van der Waals surface area contributed by atoms with Gasteiger partial charge in [-0.2, -0.15) is 0 Å². The number of rotatable bonds is 2. The molecular weight excluding hydrogens is 204 g/mol. The standard InChI is InChI=1S/C12H16N2O2/c1-9(12(13)15)14-6-7-16-11-5-3-2-4-10(11)8-14/h2-5,9H,6-8H2,1H3,(H2,13,15). The van der Waals surface area contributed by atoms with E-state index in [-0.39, 0.29) is 11.9 Å². The van der Waals surface area contributed by atoms with E-state index in [1.54, 1.807) is 0 Å². The summed E-state index contributed by atoms with van der Waals surface area (Å²) in [5, 5.41) is 0. The Morgan fingerprint density at radius 2 is 2.25 bits per heavy atom. The molecule has 1 heterocycles. The van der Waals surface area contributed by atoms with Gasteiger partial charge in [-0.3, -0.25) is 9.69 Å². The Balaban J connectivity index is 2.19. The van der Waals surface area contributed by atoms with E-state index in [0.29, 0.717) is 13.2 Å². The first-order valence-corrected chi connectivity index (χ1v) is 5.42. The van der Waals surface area contributed by atoms with E-state index in [0.717, 1.165) is 17.9 Å². The maximum absolute atomic E-state index is 11.2. The summed E-state index contributed by atoms with van der Waals surface area (Å²) in [5.41, 5.74) is 6.42. The van der Waals surface area contributed by atoms with Crippen LogP contribution in [-0.2, 0) is 11.3 Å². The zero-order valence-corrected chi connectivity index (χ0v) is 9.35. The van der Waals surface area contributed by atoms with Gasteiger partial charge in [0.1, 0.15) is 12.4 Å². The second-order valence-corrected chi connectivity index (χ2v) is 4.01. The lowest BCUT2D eigenvalue weighted by Crippen LogP contribution is -2.43. The Labute approximate surface area is 95.0 Å². The topological polar surface area (TPSA) is 55.6 Å². The van der Waals surface area contributed by atoms with Gasteiger partial charge in [-0.15, -0.1) is 0 Å². The highest BCUT2D eigenvalue weighted by atomic mass is 16.5. The highest BCUT2D eigenvalue weighted by Gasteiger charge is 2.22. The molecule has 0 spiro atoms. The third-order valence-electron chi connectivity index (χ3n) is 2.94. The molecule has 1 aliphatic heterocycles. The average molecular weight is 220 g/mol. The predicted octanol–water partition coefficient (Wildman–Crippen LogP) is 0.755. The van der Waals surface area contributed by atoms with Gasteiger partial charge in [0.25, 0.3) is 0 Å². The predicted molar refractivity (Wildman–Crippen MR) is 61.0 cm³/mol. The zero-order chi connectivity index (χ0) is 11.5. The fourth-order valence-corrected chi connectivity index (χ4v) is 1.86. The minimum atomic E-state index is -0.292. The fourth-order valence-electron chi connectivity index (χ4n) is 1.86. The first kappa shape index (κ1) is 11.0. The van der Waals surface area contributed by atoms with Crippen LogP contribution >= 0.6 is 0 Å². The number of nitrogens with zero attached hydrogens (tertiary/aromatic N) is 1. The quantitative estimate of drug-likeness (QED) is 0.800. The molecule has 16 heavy (non-hydrogen) atoms. The molecule has 2 N–H and O–H groups in total. The number of amides is 1. The molecule has 0 saturated carbocycles. The molecule has 4 heteroatoms. The summed E-state index contributed by atoms with van der Waals surface area (Å²) in [6, 6.07) is 7.64. The maximum Gasteiger partial charge on any atom is 0.234 e. The second-order valence-electron chi connectivity index (χ2n) is 4.01. The molecule has 1 amide bonds. The van der Waals surface area contributed by atoms with Crippen LogP contribution < -0.4 is 10.5 Å². The lowest BCUT2D eigenvalue weighted by atomic mass is 10.1.